The summed E-state index contributed by atoms with van der Waals surface area (Å²) in [4.78, 5) is 20.3. The first-order valence-corrected chi connectivity index (χ1v) is 10.0. The molecule has 0 amide bonds. The molecule has 1 atom stereocenters. The molecule has 0 bridgehead atoms. The van der Waals surface area contributed by atoms with Gasteiger partial charge in [-0.15, -0.1) is 11.8 Å². The van der Waals surface area contributed by atoms with Gasteiger partial charge < -0.3 is 10.7 Å². The van der Waals surface area contributed by atoms with Crippen molar-refractivity contribution in [3.8, 4) is 0 Å². The van der Waals surface area contributed by atoms with Crippen LogP contribution in [0.25, 0.3) is 0 Å². The van der Waals surface area contributed by atoms with Gasteiger partial charge in [-0.1, -0.05) is 6.08 Å². The van der Waals surface area contributed by atoms with Gasteiger partial charge in [-0.2, -0.15) is 5.01 Å². The smallest absolute Gasteiger partial charge is 0.228 e. The van der Waals surface area contributed by atoms with Crippen molar-refractivity contribution in [2.75, 3.05) is 24.3 Å². The lowest BCUT2D eigenvalue weighted by molar-refractivity contribution is 0.160. The van der Waals surface area contributed by atoms with Crippen LogP contribution in [-0.4, -0.2) is 54.3 Å². The van der Waals surface area contributed by atoms with Crippen molar-refractivity contribution in [1.82, 2.24) is 35.3 Å². The van der Waals surface area contributed by atoms with Crippen LogP contribution in [0.15, 0.2) is 53.7 Å². The number of halogens is 1. The predicted molar refractivity (Wildman–Crippen MR) is 104 cm³/mol. The van der Waals surface area contributed by atoms with Gasteiger partial charge in [-0.25, -0.2) is 24.3 Å². The Hall–Kier alpha value is -2.56. The van der Waals surface area contributed by atoms with Gasteiger partial charge in [0.05, 0.1) is 30.4 Å². The number of rotatable bonds is 4. The number of hydrogen-bond donors (Lipinski definition) is 2. The predicted octanol–water partition coefficient (Wildman–Crippen LogP) is 1.71. The summed E-state index contributed by atoms with van der Waals surface area (Å²) < 4.78 is 13.0. The van der Waals surface area contributed by atoms with Gasteiger partial charge in [0.15, 0.2) is 5.82 Å². The number of hydrazine groups is 1. The van der Waals surface area contributed by atoms with E-state index in [1.807, 2.05) is 17.8 Å². The molecule has 1 fully saturated rings. The Labute approximate surface area is 165 Å². The number of thioether (sulfide) groups is 1. The van der Waals surface area contributed by atoms with Gasteiger partial charge in [0.25, 0.3) is 0 Å². The summed E-state index contributed by atoms with van der Waals surface area (Å²) in [5.41, 5.74) is 3.22. The molecule has 2 N–H and O–H groups in total. The van der Waals surface area contributed by atoms with Gasteiger partial charge in [0.1, 0.15) is 11.6 Å². The fourth-order valence-electron chi connectivity index (χ4n) is 3.72. The van der Waals surface area contributed by atoms with Gasteiger partial charge in [-0.05, 0) is 18.6 Å². The van der Waals surface area contributed by atoms with Gasteiger partial charge in [0, 0.05) is 30.4 Å². The topological polar surface area (TPSA) is 82.1 Å². The Morgan fingerprint density at radius 1 is 1.21 bits per heavy atom. The Morgan fingerprint density at radius 2 is 2.04 bits per heavy atom. The van der Waals surface area contributed by atoms with Crippen LogP contribution in [0.1, 0.15) is 12.2 Å². The molecular formula is C18H19FN8S. The van der Waals surface area contributed by atoms with Crippen molar-refractivity contribution in [1.29, 1.82) is 0 Å². The van der Waals surface area contributed by atoms with Crippen LogP contribution < -0.4 is 10.7 Å². The number of nitrogens with one attached hydrogen (secondary N) is 2. The van der Waals surface area contributed by atoms with Crippen molar-refractivity contribution in [2.45, 2.75) is 18.5 Å². The van der Waals surface area contributed by atoms with E-state index < -0.39 is 5.82 Å². The highest BCUT2D eigenvalue weighted by Gasteiger charge is 2.49. The lowest BCUT2D eigenvalue weighted by Crippen LogP contribution is -2.46. The molecule has 2 aromatic heterocycles. The summed E-state index contributed by atoms with van der Waals surface area (Å²) in [7, 11) is 0. The van der Waals surface area contributed by atoms with Crippen LogP contribution in [0.3, 0.4) is 0 Å². The van der Waals surface area contributed by atoms with E-state index in [-0.39, 0.29) is 5.54 Å². The van der Waals surface area contributed by atoms with Crippen molar-refractivity contribution < 1.29 is 4.39 Å². The number of nitrogens with zero attached hydrogens (tertiary/aromatic N) is 6. The molecule has 2 aromatic rings. The second kappa shape index (κ2) is 7.12. The van der Waals surface area contributed by atoms with Gasteiger partial charge in [-0.3, -0.25) is 4.90 Å². The normalized spacial score (nSPS) is 24.6. The number of hydrogen-bond acceptors (Lipinski definition) is 9. The Bertz CT molecular complexity index is 919. The Kier molecular flexibility index (Phi) is 4.46. The minimum atomic E-state index is -0.453. The summed E-state index contributed by atoms with van der Waals surface area (Å²) in [5.74, 6) is 2.43. The lowest BCUT2D eigenvalue weighted by atomic mass is 9.95. The average molecular weight is 398 g/mol. The van der Waals surface area contributed by atoms with Crippen molar-refractivity contribution in [3.05, 3.63) is 65.4 Å². The van der Waals surface area contributed by atoms with E-state index in [1.165, 1.54) is 4.91 Å². The first-order valence-electron chi connectivity index (χ1n) is 9.05. The van der Waals surface area contributed by atoms with Crippen molar-refractivity contribution in [2.24, 2.45) is 0 Å². The quantitative estimate of drug-likeness (QED) is 0.800. The van der Waals surface area contributed by atoms with Crippen LogP contribution in [0.2, 0.25) is 0 Å². The SMILES string of the molecule is Fc1cnc(NC2=CC34CCN(Cc5ncccn5)CC=C3SCN4N2)nc1. The summed E-state index contributed by atoms with van der Waals surface area (Å²) >= 11 is 1.85. The third kappa shape index (κ3) is 3.23. The second-order valence-corrected chi connectivity index (χ2v) is 7.85. The lowest BCUT2D eigenvalue weighted by Gasteiger charge is -2.30. The van der Waals surface area contributed by atoms with Gasteiger partial charge >= 0.3 is 0 Å². The molecule has 28 heavy (non-hydrogen) atoms. The maximum Gasteiger partial charge on any atom is 0.228 e. The Balaban J connectivity index is 1.33. The molecule has 5 rings (SSSR count). The van der Waals surface area contributed by atoms with E-state index in [2.05, 4.69) is 52.7 Å². The summed E-state index contributed by atoms with van der Waals surface area (Å²) in [6.45, 7) is 2.53. The maximum absolute atomic E-state index is 13.0. The molecule has 1 saturated heterocycles. The zero-order valence-electron chi connectivity index (χ0n) is 15.0. The monoisotopic (exact) mass is 398 g/mol. The summed E-state index contributed by atoms with van der Waals surface area (Å²) in [6.07, 6.45) is 11.3. The number of anilines is 1. The summed E-state index contributed by atoms with van der Waals surface area (Å²) in [5, 5.41) is 5.38. The van der Waals surface area contributed by atoms with E-state index in [0.717, 1.165) is 56.0 Å². The maximum atomic E-state index is 13.0. The molecule has 0 saturated carbocycles. The first kappa shape index (κ1) is 17.5. The fraction of sp³-hybridized carbons (Fsp3) is 0.333. The van der Waals surface area contributed by atoms with Crippen LogP contribution >= 0.6 is 11.8 Å². The Morgan fingerprint density at radius 3 is 2.86 bits per heavy atom. The van der Waals surface area contributed by atoms with Crippen LogP contribution in [-0.2, 0) is 6.54 Å². The van der Waals surface area contributed by atoms with Crippen LogP contribution in [0.4, 0.5) is 10.3 Å². The second-order valence-electron chi connectivity index (χ2n) is 6.86. The van der Waals surface area contributed by atoms with E-state index in [9.17, 15) is 4.39 Å². The van der Waals surface area contributed by atoms with E-state index in [0.29, 0.717) is 5.95 Å². The zero-order chi connectivity index (χ0) is 19.0. The van der Waals surface area contributed by atoms with Gasteiger partial charge in [0.2, 0.25) is 5.95 Å². The highest BCUT2D eigenvalue weighted by atomic mass is 32.2. The third-order valence-corrected chi connectivity index (χ3v) is 6.31. The molecule has 8 nitrogen and oxygen atoms in total. The fourth-order valence-corrected chi connectivity index (χ4v) is 5.00. The molecule has 0 aliphatic carbocycles. The third-order valence-electron chi connectivity index (χ3n) is 5.09. The molecular weight excluding hydrogens is 379 g/mol. The molecule has 10 heteroatoms. The molecule has 0 aromatic carbocycles. The van der Waals surface area contributed by atoms with Crippen LogP contribution in [0.5, 0.6) is 0 Å². The molecule has 3 aliphatic rings. The minimum absolute atomic E-state index is 0.181. The largest absolute Gasteiger partial charge is 0.310 e. The van der Waals surface area contributed by atoms with E-state index >= 15 is 0 Å². The van der Waals surface area contributed by atoms with Crippen LogP contribution in [0, 0.1) is 5.82 Å². The molecule has 1 unspecified atom stereocenters. The highest BCUT2D eigenvalue weighted by Crippen LogP contribution is 2.48. The van der Waals surface area contributed by atoms with Crippen molar-refractivity contribution in [3.63, 3.8) is 0 Å². The molecule has 144 valence electrons. The first-order chi connectivity index (χ1) is 13.7. The standard InChI is InChI=1S/C18H19FN8S/c19-13-9-22-17(23-10-13)24-15-8-18-3-7-26(11-16-20-4-1-5-21-16)6-2-14(18)28-12-27(18)25-15/h1-2,4-5,8-10,25H,3,6-7,11-12H2,(H,22,23,24). The highest BCUT2D eigenvalue weighted by molar-refractivity contribution is 8.03. The number of aromatic nitrogens is 4. The zero-order valence-corrected chi connectivity index (χ0v) is 15.9. The molecule has 3 aliphatic heterocycles. The average Bonchev–Trinajstić information content (AvgIpc) is 3.16. The van der Waals surface area contributed by atoms with E-state index in [4.69, 9.17) is 0 Å². The minimum Gasteiger partial charge on any atom is -0.310 e. The molecule has 0 radical (unpaired) electrons. The molecule has 5 heterocycles. The van der Waals surface area contributed by atoms with E-state index in [1.54, 1.807) is 12.4 Å². The summed E-state index contributed by atoms with van der Waals surface area (Å²) in [6, 6.07) is 1.83. The molecule has 1 spiro atoms. The van der Waals surface area contributed by atoms with Crippen molar-refractivity contribution >= 4 is 17.7 Å².